The Morgan fingerprint density at radius 2 is 2.14 bits per heavy atom. The van der Waals surface area contributed by atoms with Crippen molar-refractivity contribution in [3.05, 3.63) is 48.0 Å². The molecule has 0 amide bonds. The van der Waals surface area contributed by atoms with Crippen molar-refractivity contribution in [2.24, 2.45) is 9.98 Å². The summed E-state index contributed by atoms with van der Waals surface area (Å²) in [5, 5.41) is 23.7. The molecule has 3 aromatic heterocycles. The van der Waals surface area contributed by atoms with Gasteiger partial charge in [0.15, 0.2) is 11.6 Å². The molecule has 3 aromatic rings. The van der Waals surface area contributed by atoms with Crippen LogP contribution in [0.25, 0.3) is 11.4 Å². The molecule has 5 heterocycles. The molecule has 196 valence electrons. The Hall–Kier alpha value is -3.58. The van der Waals surface area contributed by atoms with Gasteiger partial charge in [0.1, 0.15) is 21.4 Å². The molecule has 5 rings (SSSR count). The number of aromatic amines is 1. The van der Waals surface area contributed by atoms with E-state index >= 15 is 0 Å². The molecule has 2 aliphatic heterocycles. The van der Waals surface area contributed by atoms with Gasteiger partial charge in [-0.3, -0.25) is 15.3 Å². The quantitative estimate of drug-likeness (QED) is 0.472. The number of likely N-dealkylation sites (tertiary alicyclic amines) is 1. The van der Waals surface area contributed by atoms with Gasteiger partial charge in [-0.25, -0.2) is 18.5 Å². The lowest BCUT2D eigenvalue weighted by Crippen LogP contribution is -2.51. The van der Waals surface area contributed by atoms with Crippen molar-refractivity contribution in [1.82, 2.24) is 30.3 Å². The van der Waals surface area contributed by atoms with E-state index in [4.69, 9.17) is 9.52 Å². The van der Waals surface area contributed by atoms with E-state index in [1.54, 1.807) is 6.20 Å². The summed E-state index contributed by atoms with van der Waals surface area (Å²) in [4.78, 5) is 15.7. The number of aryl methyl sites for hydroxylation is 1. The molecule has 0 aromatic carbocycles. The normalized spacial score (nSPS) is 21.6. The van der Waals surface area contributed by atoms with Crippen LogP contribution in [0.4, 0.5) is 5.82 Å². The highest BCUT2D eigenvalue weighted by atomic mass is 32.2. The number of nitrogens with one attached hydrogen (secondary N) is 1. The predicted molar refractivity (Wildman–Crippen MR) is 137 cm³/mol. The van der Waals surface area contributed by atoms with E-state index in [1.807, 2.05) is 42.2 Å². The van der Waals surface area contributed by atoms with Gasteiger partial charge in [0.05, 0.1) is 17.8 Å². The van der Waals surface area contributed by atoms with Crippen molar-refractivity contribution in [2.75, 3.05) is 18.6 Å². The smallest absolute Gasteiger partial charge is 0.228 e. The first-order valence-corrected chi connectivity index (χ1v) is 14.3. The largest absolute Gasteiger partial charge is 0.358 e. The Morgan fingerprint density at radius 3 is 2.86 bits per heavy atom. The molecule has 0 aliphatic carbocycles. The maximum absolute atomic E-state index is 11.7. The van der Waals surface area contributed by atoms with Crippen molar-refractivity contribution in [3.8, 4) is 11.4 Å². The van der Waals surface area contributed by atoms with Gasteiger partial charge < -0.3 is 9.42 Å². The van der Waals surface area contributed by atoms with Crippen LogP contribution in [0, 0.1) is 6.92 Å². The maximum Gasteiger partial charge on any atom is 0.228 e. The zero-order chi connectivity index (χ0) is 26.0. The Bertz CT molecular complexity index is 1400. The predicted octanol–water partition coefficient (Wildman–Crippen LogP) is 3.28. The number of aromatic nitrogens is 4. The first-order chi connectivity index (χ1) is 17.8. The summed E-state index contributed by atoms with van der Waals surface area (Å²) in [6.45, 7) is 2.55. The number of nitrogens with zero attached hydrogens (tertiary/aromatic N) is 7. The van der Waals surface area contributed by atoms with E-state index in [0.717, 1.165) is 29.3 Å². The number of rotatable bonds is 7. The van der Waals surface area contributed by atoms with Crippen LogP contribution in [-0.2, 0) is 9.84 Å². The number of hydroxylamine groups is 2. The molecule has 2 aliphatic rings. The fourth-order valence-electron chi connectivity index (χ4n) is 4.72. The fraction of sp³-hybridized carbons (Fsp3) is 0.458. The van der Waals surface area contributed by atoms with Crippen LogP contribution in [0.1, 0.15) is 49.6 Å². The molecule has 0 saturated carbocycles. The molecule has 0 radical (unpaired) electrons. The van der Waals surface area contributed by atoms with Gasteiger partial charge in [-0.2, -0.15) is 10.1 Å². The number of sulfone groups is 1. The second kappa shape index (κ2) is 10.4. The minimum atomic E-state index is -3.11. The number of aliphatic imine (C=N–C) groups is 2. The highest BCUT2D eigenvalue weighted by Gasteiger charge is 2.38. The number of guanidine groups is 1. The molecule has 0 bridgehead atoms. The number of hydrogen-bond acceptors (Lipinski definition) is 10. The first-order valence-electron chi connectivity index (χ1n) is 12.3. The van der Waals surface area contributed by atoms with Gasteiger partial charge in [-0.15, -0.1) is 0 Å². The fourth-order valence-corrected chi connectivity index (χ4v) is 5.41. The summed E-state index contributed by atoms with van der Waals surface area (Å²) in [6, 6.07) is 8.74. The number of hydrogen-bond donors (Lipinski definition) is 2. The molecule has 13 heteroatoms. The second-order valence-corrected chi connectivity index (χ2v) is 11.8. The molecule has 2 N–H and O–H groups in total. The summed E-state index contributed by atoms with van der Waals surface area (Å²) in [5.74, 6) is 2.10. The van der Waals surface area contributed by atoms with E-state index in [-0.39, 0.29) is 17.8 Å². The van der Waals surface area contributed by atoms with Gasteiger partial charge in [0.25, 0.3) is 0 Å². The molecular formula is C24H30N8O4S. The SMILES string of the molecule is Cc1cc(N=C2C[C@H](CCCS(C)(=O)=O)N(O)C(N3CCCC3c3cc(-c4ccccn4)no3)=N2)n[nH]1. The average Bonchev–Trinajstić information content (AvgIpc) is 3.61. The Labute approximate surface area is 215 Å². The van der Waals surface area contributed by atoms with Crippen LogP contribution in [0.15, 0.2) is 51.0 Å². The van der Waals surface area contributed by atoms with Crippen LogP contribution >= 0.6 is 0 Å². The lowest BCUT2D eigenvalue weighted by molar-refractivity contribution is -0.0697. The van der Waals surface area contributed by atoms with Gasteiger partial charge >= 0.3 is 0 Å². The lowest BCUT2D eigenvalue weighted by Gasteiger charge is -2.38. The standard InChI is InChI=1S/C24H30N8O4S/c1-16-13-23(29-28-16)26-22-14-17(7-6-12-37(2,34)35)32(33)24(27-22)31-11-5-9-20(31)21-15-19(30-36-21)18-8-3-4-10-25-18/h3-4,8,10,13,15,17,20,33H,5-7,9,11-12,14H2,1-2H3,(H,28,29)/t17-,20?/m0/s1. The van der Waals surface area contributed by atoms with Crippen LogP contribution < -0.4 is 0 Å². The summed E-state index contributed by atoms with van der Waals surface area (Å²) in [7, 11) is -3.11. The van der Waals surface area contributed by atoms with Crippen LogP contribution in [0.5, 0.6) is 0 Å². The van der Waals surface area contributed by atoms with E-state index in [9.17, 15) is 13.6 Å². The number of amidine groups is 1. The van der Waals surface area contributed by atoms with Crippen molar-refractivity contribution in [3.63, 3.8) is 0 Å². The molecule has 2 atom stereocenters. The van der Waals surface area contributed by atoms with Gasteiger partial charge in [-0.1, -0.05) is 11.2 Å². The molecule has 0 spiro atoms. The summed E-state index contributed by atoms with van der Waals surface area (Å²) in [6.07, 6.45) is 5.84. The second-order valence-electron chi connectivity index (χ2n) is 9.50. The van der Waals surface area contributed by atoms with E-state index in [0.29, 0.717) is 54.9 Å². The van der Waals surface area contributed by atoms with Crippen molar-refractivity contribution >= 4 is 27.5 Å². The number of pyridine rings is 1. The van der Waals surface area contributed by atoms with Crippen molar-refractivity contribution in [2.45, 2.75) is 51.1 Å². The van der Waals surface area contributed by atoms with E-state index < -0.39 is 9.84 Å². The van der Waals surface area contributed by atoms with Crippen LogP contribution in [0.3, 0.4) is 0 Å². The van der Waals surface area contributed by atoms with E-state index in [2.05, 4.69) is 25.3 Å². The van der Waals surface area contributed by atoms with Gasteiger partial charge in [-0.05, 0) is 44.7 Å². The maximum atomic E-state index is 11.7. The lowest BCUT2D eigenvalue weighted by atomic mass is 10.1. The Morgan fingerprint density at radius 1 is 1.27 bits per heavy atom. The molecule has 37 heavy (non-hydrogen) atoms. The Balaban J connectivity index is 1.43. The van der Waals surface area contributed by atoms with Crippen LogP contribution in [0.2, 0.25) is 0 Å². The summed E-state index contributed by atoms with van der Waals surface area (Å²) < 4.78 is 29.1. The molecule has 1 saturated heterocycles. The minimum absolute atomic E-state index is 0.0511. The van der Waals surface area contributed by atoms with Crippen LogP contribution in [-0.4, -0.2) is 80.3 Å². The first kappa shape index (κ1) is 25.1. The molecule has 1 fully saturated rings. The topological polar surface area (TPSA) is 153 Å². The minimum Gasteiger partial charge on any atom is -0.358 e. The third kappa shape index (κ3) is 5.88. The van der Waals surface area contributed by atoms with Crippen molar-refractivity contribution < 1.29 is 18.1 Å². The number of H-pyrrole nitrogens is 1. The summed E-state index contributed by atoms with van der Waals surface area (Å²) in [5.41, 5.74) is 2.24. The zero-order valence-corrected chi connectivity index (χ0v) is 21.6. The third-order valence-corrected chi connectivity index (χ3v) is 7.51. The monoisotopic (exact) mass is 526 g/mol. The van der Waals surface area contributed by atoms with E-state index in [1.165, 1.54) is 6.26 Å². The zero-order valence-electron chi connectivity index (χ0n) is 20.8. The van der Waals surface area contributed by atoms with Crippen molar-refractivity contribution in [1.29, 1.82) is 0 Å². The molecular weight excluding hydrogens is 496 g/mol. The van der Waals surface area contributed by atoms with Gasteiger partial charge in [0.2, 0.25) is 5.96 Å². The summed E-state index contributed by atoms with van der Waals surface area (Å²) >= 11 is 0. The Kier molecular flexibility index (Phi) is 7.07. The average molecular weight is 527 g/mol. The highest BCUT2D eigenvalue weighted by molar-refractivity contribution is 7.90. The highest BCUT2D eigenvalue weighted by Crippen LogP contribution is 2.36. The molecule has 1 unspecified atom stereocenters. The molecule has 12 nitrogen and oxygen atoms in total. The third-order valence-electron chi connectivity index (χ3n) is 6.48. The van der Waals surface area contributed by atoms with Gasteiger partial charge in [0, 0.05) is 49.0 Å².